The van der Waals surface area contributed by atoms with Gasteiger partial charge >= 0.3 is 6.03 Å². The molecule has 4 amide bonds. The summed E-state index contributed by atoms with van der Waals surface area (Å²) in [5.74, 6) is 4.11. The van der Waals surface area contributed by atoms with Gasteiger partial charge in [-0.1, -0.05) is 64.4 Å². The van der Waals surface area contributed by atoms with Crippen LogP contribution in [0.3, 0.4) is 0 Å². The van der Waals surface area contributed by atoms with E-state index in [9.17, 15) is 24.6 Å². The summed E-state index contributed by atoms with van der Waals surface area (Å²) < 4.78 is 0. The number of thioether (sulfide) groups is 1. The minimum absolute atomic E-state index is 0.0440. The van der Waals surface area contributed by atoms with Gasteiger partial charge in [-0.15, -0.1) is 0 Å². The molecule has 0 bridgehead atoms. The second-order valence-corrected chi connectivity index (χ2v) is 18.7. The van der Waals surface area contributed by atoms with Gasteiger partial charge in [-0.05, 0) is 123 Å². The highest BCUT2D eigenvalue weighted by atomic mass is 32.2. The fraction of sp³-hybridized carbons (Fsp3) is 0.791. The van der Waals surface area contributed by atoms with E-state index in [0.717, 1.165) is 115 Å². The van der Waals surface area contributed by atoms with Crippen LogP contribution in [0.4, 0.5) is 4.79 Å². The summed E-state index contributed by atoms with van der Waals surface area (Å²) in [5.41, 5.74) is 2.88. The first kappa shape index (κ1) is 40.2. The minimum atomic E-state index is -0.159. The summed E-state index contributed by atoms with van der Waals surface area (Å²) in [5, 5.41) is 33.8. The first-order valence-electron chi connectivity index (χ1n) is 21.4. The number of hydrogen-bond acceptors (Lipinski definition) is 6. The fourth-order valence-electron chi connectivity index (χ4n) is 10.9. The number of carbonyl (C=O) groups excluding carboxylic acids is 3. The van der Waals surface area contributed by atoms with E-state index in [0.29, 0.717) is 47.5 Å². The molecule has 3 aliphatic carbocycles. The molecule has 0 aromatic heterocycles. The first-order valence-corrected chi connectivity index (χ1v) is 22.5. The van der Waals surface area contributed by atoms with Crippen LogP contribution in [0.2, 0.25) is 0 Å². The van der Waals surface area contributed by atoms with E-state index in [-0.39, 0.29) is 41.4 Å². The van der Waals surface area contributed by atoms with Crippen LogP contribution in [0.1, 0.15) is 152 Å². The Hall–Kier alpha value is -2.46. The number of aromatic hydroxyl groups is 1. The molecule has 0 spiro atoms. The summed E-state index contributed by atoms with van der Waals surface area (Å²) in [6, 6.07) is 6.53. The normalized spacial score (nSPS) is 31.2. The number of aliphatic hydroxyl groups is 1. The minimum Gasteiger partial charge on any atom is -0.508 e. The first-order chi connectivity index (χ1) is 25.7. The Morgan fingerprint density at radius 2 is 1.51 bits per heavy atom. The number of hydrogen-bond donors (Lipinski definition) is 6. The second-order valence-electron chi connectivity index (χ2n) is 17.4. The summed E-state index contributed by atoms with van der Waals surface area (Å²) in [4.78, 5) is 36.1. The maximum absolute atomic E-state index is 12.3. The average Bonchev–Trinajstić information content (AvgIpc) is 3.79. The van der Waals surface area contributed by atoms with Gasteiger partial charge < -0.3 is 31.5 Å². The molecule has 1 aromatic carbocycles. The molecule has 9 atom stereocenters. The third-order valence-corrected chi connectivity index (χ3v) is 15.4. The lowest BCUT2D eigenvalue weighted by Crippen LogP contribution is -2.47. The van der Waals surface area contributed by atoms with Gasteiger partial charge in [0.25, 0.3) is 0 Å². The molecule has 2 saturated carbocycles. The van der Waals surface area contributed by atoms with Crippen LogP contribution in [0.5, 0.6) is 5.75 Å². The number of urea groups is 1. The Balaban J connectivity index is 0.741. The Bertz CT molecular complexity index is 1380. The topological polar surface area (TPSA) is 140 Å². The zero-order valence-corrected chi connectivity index (χ0v) is 33.2. The van der Waals surface area contributed by atoms with Gasteiger partial charge in [-0.2, -0.15) is 11.8 Å². The standard InChI is InChI=1S/C43H68N4O5S/c1-43-23-22-33-32-19-18-31(48)27-30(32)26-29(40(33)34(43)20-21-37(43)49)14-8-4-2-6-12-24-44-38(50)16-9-5-3-7-13-25-45-39(51)17-11-10-15-36-41-35(28-53-36)46-42(52)47-41/h18-19,27,29,33-37,40-41,48-49H,2-17,20-26,28H2,1H3,(H,44,50)(H,45,51)(H2,46,47,52)/t29?,33-,34+,35+,36+,37+,40-,41+,43+/m1/s1. The van der Waals surface area contributed by atoms with Crippen LogP contribution in [-0.2, 0) is 16.0 Å². The van der Waals surface area contributed by atoms with Crippen molar-refractivity contribution < 1.29 is 24.6 Å². The van der Waals surface area contributed by atoms with Gasteiger partial charge in [0, 0.05) is 36.9 Å². The van der Waals surface area contributed by atoms with Crippen molar-refractivity contribution in [2.24, 2.45) is 23.2 Å². The van der Waals surface area contributed by atoms with Crippen LogP contribution in [0.25, 0.3) is 0 Å². The lowest BCUT2D eigenvalue weighted by Gasteiger charge is -2.53. The highest BCUT2D eigenvalue weighted by Crippen LogP contribution is 2.62. The molecule has 1 aromatic rings. The monoisotopic (exact) mass is 752 g/mol. The van der Waals surface area contributed by atoms with Gasteiger partial charge in [-0.25, -0.2) is 4.79 Å². The summed E-state index contributed by atoms with van der Waals surface area (Å²) in [6.07, 6.45) is 21.6. The Morgan fingerprint density at radius 3 is 2.26 bits per heavy atom. The van der Waals surface area contributed by atoms with Crippen molar-refractivity contribution in [3.8, 4) is 5.75 Å². The van der Waals surface area contributed by atoms with E-state index in [1.165, 1.54) is 36.8 Å². The molecule has 10 heteroatoms. The van der Waals surface area contributed by atoms with E-state index < -0.39 is 0 Å². The van der Waals surface area contributed by atoms with E-state index in [1.807, 2.05) is 23.9 Å². The number of phenols is 1. The predicted molar refractivity (Wildman–Crippen MR) is 213 cm³/mol. The van der Waals surface area contributed by atoms with Crippen molar-refractivity contribution in [2.75, 3.05) is 18.8 Å². The largest absolute Gasteiger partial charge is 0.508 e. The number of rotatable bonds is 21. The highest BCUT2D eigenvalue weighted by Gasteiger charge is 2.56. The maximum atomic E-state index is 12.3. The number of fused-ring (bicyclic) bond motifs is 6. The van der Waals surface area contributed by atoms with Crippen LogP contribution in [-0.4, -0.2) is 70.3 Å². The van der Waals surface area contributed by atoms with Crippen molar-refractivity contribution >= 4 is 29.6 Å². The molecular weight excluding hydrogens is 685 g/mol. The van der Waals surface area contributed by atoms with Crippen LogP contribution >= 0.6 is 11.8 Å². The Morgan fingerprint density at radius 1 is 0.849 bits per heavy atom. The summed E-state index contributed by atoms with van der Waals surface area (Å²) >= 11 is 1.93. The SMILES string of the molecule is C[C@]12CC[C@@H]3c4ccc(O)cc4CC(CCCCCCCNC(=O)CCCCCCCNC(=O)CCCC[C@@H]4SC[C@@H]5NC(=O)N[C@@H]54)[C@H]3[C@@H]1CC[C@@H]2O. The van der Waals surface area contributed by atoms with Crippen LogP contribution < -0.4 is 21.3 Å². The van der Waals surface area contributed by atoms with Gasteiger partial charge in [-0.3, -0.25) is 9.59 Å². The molecule has 1 unspecified atom stereocenters. The molecule has 5 aliphatic rings. The van der Waals surface area contributed by atoms with E-state index >= 15 is 0 Å². The molecule has 2 heterocycles. The smallest absolute Gasteiger partial charge is 0.315 e. The second kappa shape index (κ2) is 19.4. The third-order valence-electron chi connectivity index (χ3n) is 13.9. The summed E-state index contributed by atoms with van der Waals surface area (Å²) in [7, 11) is 0. The van der Waals surface area contributed by atoms with Crippen molar-refractivity contribution in [2.45, 2.75) is 171 Å². The average molecular weight is 753 g/mol. The quantitative estimate of drug-likeness (QED) is 0.0569. The molecule has 0 radical (unpaired) electrons. The van der Waals surface area contributed by atoms with Crippen molar-refractivity contribution in [3.63, 3.8) is 0 Å². The van der Waals surface area contributed by atoms with Crippen molar-refractivity contribution in [3.05, 3.63) is 29.3 Å². The fourth-order valence-corrected chi connectivity index (χ4v) is 12.5. The highest BCUT2D eigenvalue weighted by molar-refractivity contribution is 8.00. The van der Waals surface area contributed by atoms with Gasteiger partial charge in [0.05, 0.1) is 18.2 Å². The van der Waals surface area contributed by atoms with Crippen LogP contribution in [0, 0.1) is 23.2 Å². The lowest BCUT2D eigenvalue weighted by molar-refractivity contribution is -0.122. The third kappa shape index (κ3) is 10.4. The molecule has 6 rings (SSSR count). The predicted octanol–water partition coefficient (Wildman–Crippen LogP) is 7.47. The Kier molecular flexibility index (Phi) is 14.7. The number of phenolic OH excluding ortho intramolecular Hbond substituents is 1. The number of unbranched alkanes of at least 4 members (excludes halogenated alkanes) is 9. The van der Waals surface area contributed by atoms with Crippen LogP contribution in [0.15, 0.2) is 18.2 Å². The number of aliphatic hydroxyl groups excluding tert-OH is 1. The number of amides is 4. The van der Waals surface area contributed by atoms with E-state index in [2.05, 4.69) is 34.3 Å². The van der Waals surface area contributed by atoms with Gasteiger partial charge in [0.15, 0.2) is 0 Å². The molecule has 2 aliphatic heterocycles. The molecule has 296 valence electrons. The zero-order chi connectivity index (χ0) is 37.2. The van der Waals surface area contributed by atoms with E-state index in [1.54, 1.807) is 0 Å². The number of benzene rings is 1. The molecule has 6 N–H and O–H groups in total. The van der Waals surface area contributed by atoms with E-state index in [4.69, 9.17) is 0 Å². The number of nitrogens with one attached hydrogen (secondary N) is 4. The molecule has 53 heavy (non-hydrogen) atoms. The zero-order valence-electron chi connectivity index (χ0n) is 32.3. The van der Waals surface area contributed by atoms with Gasteiger partial charge in [0.1, 0.15) is 5.75 Å². The molecular formula is C43H68N4O5S. The Labute approximate surface area is 322 Å². The maximum Gasteiger partial charge on any atom is 0.315 e. The molecule has 9 nitrogen and oxygen atoms in total. The lowest BCUT2D eigenvalue weighted by atomic mass is 9.52. The molecule has 4 fully saturated rings. The molecule has 2 saturated heterocycles. The van der Waals surface area contributed by atoms with Crippen molar-refractivity contribution in [1.82, 2.24) is 21.3 Å². The number of carbonyl (C=O) groups is 3. The summed E-state index contributed by atoms with van der Waals surface area (Å²) in [6.45, 7) is 3.85. The van der Waals surface area contributed by atoms with Gasteiger partial charge in [0.2, 0.25) is 11.8 Å². The van der Waals surface area contributed by atoms with Crippen molar-refractivity contribution in [1.29, 1.82) is 0 Å².